The second-order valence-electron chi connectivity index (χ2n) is 7.20. The molecule has 3 rings (SSSR count). The summed E-state index contributed by atoms with van der Waals surface area (Å²) in [5.41, 5.74) is 1.17. The van der Waals surface area contributed by atoms with Crippen molar-refractivity contribution < 1.29 is 17.7 Å². The number of carbonyl (C=O) groups is 1. The Labute approximate surface area is 159 Å². The zero-order chi connectivity index (χ0) is 19.8. The number of sulfonamides is 1. The summed E-state index contributed by atoms with van der Waals surface area (Å²) in [6, 6.07) is 7.13. The fraction of sp³-hybridized carbons (Fsp3) is 0.474. The molecule has 8 heteroatoms. The molecule has 1 aromatic heterocycles. The van der Waals surface area contributed by atoms with Gasteiger partial charge in [0, 0.05) is 11.7 Å². The van der Waals surface area contributed by atoms with Crippen molar-refractivity contribution in [2.75, 3.05) is 4.72 Å². The molecule has 1 aromatic carbocycles. The molecule has 2 N–H and O–H groups in total. The number of hydrogen-bond acceptors (Lipinski definition) is 5. The molecule has 27 heavy (non-hydrogen) atoms. The molecule has 1 saturated carbocycles. The molecular formula is C19H25N3O4S. The molecule has 0 radical (unpaired) electrons. The zero-order valence-electron chi connectivity index (χ0n) is 16.0. The van der Waals surface area contributed by atoms with Crippen LogP contribution in [0.15, 0.2) is 33.7 Å². The number of benzene rings is 1. The SMILES string of the molecule is CC[C@H](C)NC(=O)C1(c2ccc(NS(=O)(=O)c3c(C)noc3C)cc2)CC1. The summed E-state index contributed by atoms with van der Waals surface area (Å²) in [6.07, 6.45) is 2.49. The Balaban J connectivity index is 1.77. The fourth-order valence-corrected chi connectivity index (χ4v) is 4.55. The highest BCUT2D eigenvalue weighted by molar-refractivity contribution is 7.92. The molecule has 1 heterocycles. The van der Waals surface area contributed by atoms with Crippen molar-refractivity contribution in [1.29, 1.82) is 0 Å². The van der Waals surface area contributed by atoms with Gasteiger partial charge in [0.05, 0.1) is 5.41 Å². The molecule has 0 saturated heterocycles. The average Bonchev–Trinajstić information content (AvgIpc) is 3.35. The van der Waals surface area contributed by atoms with Crippen LogP contribution < -0.4 is 10.0 Å². The second kappa shape index (κ2) is 6.99. The quantitative estimate of drug-likeness (QED) is 0.755. The van der Waals surface area contributed by atoms with Gasteiger partial charge in [-0.05, 0) is 57.7 Å². The molecule has 7 nitrogen and oxygen atoms in total. The molecule has 1 aliphatic rings. The van der Waals surface area contributed by atoms with Crippen LogP contribution in [0.25, 0.3) is 0 Å². The van der Waals surface area contributed by atoms with E-state index in [2.05, 4.69) is 15.2 Å². The van der Waals surface area contributed by atoms with Gasteiger partial charge in [-0.2, -0.15) is 0 Å². The molecule has 1 fully saturated rings. The third-order valence-electron chi connectivity index (χ3n) is 5.10. The van der Waals surface area contributed by atoms with Crippen LogP contribution in [0.3, 0.4) is 0 Å². The molecule has 0 bridgehead atoms. The largest absolute Gasteiger partial charge is 0.360 e. The van der Waals surface area contributed by atoms with E-state index in [9.17, 15) is 13.2 Å². The summed E-state index contributed by atoms with van der Waals surface area (Å²) >= 11 is 0. The third-order valence-corrected chi connectivity index (χ3v) is 6.73. The fourth-order valence-electron chi connectivity index (χ4n) is 3.16. The summed E-state index contributed by atoms with van der Waals surface area (Å²) in [6.45, 7) is 7.16. The average molecular weight is 391 g/mol. The lowest BCUT2D eigenvalue weighted by Gasteiger charge is -2.19. The van der Waals surface area contributed by atoms with Gasteiger partial charge in [-0.15, -0.1) is 0 Å². The molecule has 0 spiro atoms. The molecule has 1 atom stereocenters. The first-order valence-electron chi connectivity index (χ1n) is 9.07. The van der Waals surface area contributed by atoms with Crippen molar-refractivity contribution in [1.82, 2.24) is 10.5 Å². The summed E-state index contributed by atoms with van der Waals surface area (Å²) in [5, 5.41) is 6.74. The number of amides is 1. The molecule has 1 amide bonds. The van der Waals surface area contributed by atoms with E-state index in [0.29, 0.717) is 11.4 Å². The van der Waals surface area contributed by atoms with Gasteiger partial charge < -0.3 is 9.84 Å². The van der Waals surface area contributed by atoms with E-state index in [0.717, 1.165) is 24.8 Å². The van der Waals surface area contributed by atoms with Crippen molar-refractivity contribution in [3.63, 3.8) is 0 Å². The minimum absolute atomic E-state index is 0.0425. The number of aromatic nitrogens is 1. The Hall–Kier alpha value is -2.35. The topological polar surface area (TPSA) is 101 Å². The number of rotatable bonds is 7. The monoisotopic (exact) mass is 391 g/mol. The van der Waals surface area contributed by atoms with Crippen LogP contribution in [0, 0.1) is 13.8 Å². The maximum Gasteiger partial charge on any atom is 0.267 e. The molecule has 0 aliphatic heterocycles. The first kappa shape index (κ1) is 19.4. The van der Waals surface area contributed by atoms with Crippen molar-refractivity contribution in [2.24, 2.45) is 0 Å². The number of hydrogen-bond donors (Lipinski definition) is 2. The van der Waals surface area contributed by atoms with Crippen LogP contribution in [0.5, 0.6) is 0 Å². The van der Waals surface area contributed by atoms with Gasteiger partial charge in [-0.1, -0.05) is 24.2 Å². The van der Waals surface area contributed by atoms with Crippen molar-refractivity contribution in [3.05, 3.63) is 41.3 Å². The lowest BCUT2D eigenvalue weighted by Crippen LogP contribution is -2.39. The van der Waals surface area contributed by atoms with Crippen LogP contribution >= 0.6 is 0 Å². The lowest BCUT2D eigenvalue weighted by atomic mass is 9.94. The van der Waals surface area contributed by atoms with Gasteiger partial charge in [0.1, 0.15) is 5.69 Å². The van der Waals surface area contributed by atoms with Crippen LogP contribution in [-0.2, 0) is 20.2 Å². The molecular weight excluding hydrogens is 366 g/mol. The van der Waals surface area contributed by atoms with E-state index in [1.807, 2.05) is 26.0 Å². The molecule has 2 aromatic rings. The normalized spacial score (nSPS) is 16.6. The number of nitrogens with zero attached hydrogens (tertiary/aromatic N) is 1. The Morgan fingerprint density at radius 2 is 1.89 bits per heavy atom. The highest BCUT2D eigenvalue weighted by Crippen LogP contribution is 2.48. The minimum atomic E-state index is -3.79. The number of aryl methyl sites for hydroxylation is 2. The molecule has 146 valence electrons. The van der Waals surface area contributed by atoms with E-state index in [-0.39, 0.29) is 22.6 Å². The Bertz CT molecular complexity index is 924. The first-order chi connectivity index (χ1) is 12.7. The van der Waals surface area contributed by atoms with Crippen LogP contribution in [-0.4, -0.2) is 25.5 Å². The van der Waals surface area contributed by atoms with E-state index in [1.165, 1.54) is 0 Å². The third kappa shape index (κ3) is 3.71. The molecule has 1 aliphatic carbocycles. The summed E-state index contributed by atoms with van der Waals surface area (Å²) in [4.78, 5) is 12.7. The Morgan fingerprint density at radius 1 is 1.26 bits per heavy atom. The summed E-state index contributed by atoms with van der Waals surface area (Å²) < 4.78 is 32.7. The van der Waals surface area contributed by atoms with Gasteiger partial charge >= 0.3 is 0 Å². The van der Waals surface area contributed by atoms with Crippen molar-refractivity contribution >= 4 is 21.6 Å². The van der Waals surface area contributed by atoms with Gasteiger partial charge in [0.25, 0.3) is 10.0 Å². The van der Waals surface area contributed by atoms with E-state index in [4.69, 9.17) is 4.52 Å². The van der Waals surface area contributed by atoms with E-state index < -0.39 is 15.4 Å². The van der Waals surface area contributed by atoms with Crippen LogP contribution in [0.2, 0.25) is 0 Å². The first-order valence-corrected chi connectivity index (χ1v) is 10.5. The summed E-state index contributed by atoms with van der Waals surface area (Å²) in [7, 11) is -3.79. The predicted octanol–water partition coefficient (Wildman–Crippen LogP) is 3.04. The van der Waals surface area contributed by atoms with E-state index in [1.54, 1.807) is 26.0 Å². The van der Waals surface area contributed by atoms with Gasteiger partial charge in [-0.25, -0.2) is 8.42 Å². The minimum Gasteiger partial charge on any atom is -0.360 e. The predicted molar refractivity (Wildman–Crippen MR) is 102 cm³/mol. The van der Waals surface area contributed by atoms with Gasteiger partial charge in [-0.3, -0.25) is 9.52 Å². The van der Waals surface area contributed by atoms with Crippen LogP contribution in [0.1, 0.15) is 50.1 Å². The lowest BCUT2D eigenvalue weighted by molar-refractivity contribution is -0.124. The smallest absolute Gasteiger partial charge is 0.267 e. The molecule has 0 unspecified atom stereocenters. The number of carbonyl (C=O) groups excluding carboxylic acids is 1. The number of anilines is 1. The second-order valence-corrected chi connectivity index (χ2v) is 8.82. The van der Waals surface area contributed by atoms with Crippen LogP contribution in [0.4, 0.5) is 5.69 Å². The Morgan fingerprint density at radius 3 is 2.37 bits per heavy atom. The summed E-state index contributed by atoms with van der Waals surface area (Å²) in [5.74, 6) is 0.288. The van der Waals surface area contributed by atoms with Gasteiger partial charge in [0.15, 0.2) is 10.7 Å². The van der Waals surface area contributed by atoms with E-state index >= 15 is 0 Å². The Kier molecular flexibility index (Phi) is 5.03. The zero-order valence-corrected chi connectivity index (χ0v) is 16.8. The van der Waals surface area contributed by atoms with Gasteiger partial charge in [0.2, 0.25) is 5.91 Å². The highest BCUT2D eigenvalue weighted by atomic mass is 32.2. The van der Waals surface area contributed by atoms with Crippen molar-refractivity contribution in [2.45, 2.75) is 63.3 Å². The maximum atomic E-state index is 12.6. The van der Waals surface area contributed by atoms with Crippen molar-refractivity contribution in [3.8, 4) is 0 Å². The maximum absolute atomic E-state index is 12.6. The number of nitrogens with one attached hydrogen (secondary N) is 2. The standard InChI is InChI=1S/C19H25N3O4S/c1-5-12(2)20-18(23)19(10-11-19)15-6-8-16(9-7-15)22-27(24,25)17-13(3)21-26-14(17)4/h6-9,12,22H,5,10-11H2,1-4H3,(H,20,23)/t12-/m0/s1. The highest BCUT2D eigenvalue weighted by Gasteiger charge is 2.51.